The smallest absolute Gasteiger partial charge is 0.224 e. The second-order valence-electron chi connectivity index (χ2n) is 4.67. The molecule has 0 atom stereocenters. The minimum Gasteiger partial charge on any atom is -0.497 e. The largest absolute Gasteiger partial charge is 0.497 e. The molecule has 0 spiro atoms. The van der Waals surface area contributed by atoms with Gasteiger partial charge < -0.3 is 15.8 Å². The van der Waals surface area contributed by atoms with Gasteiger partial charge in [-0.1, -0.05) is 32.6 Å². The first kappa shape index (κ1) is 15.3. The van der Waals surface area contributed by atoms with Crippen LogP contribution in [0.25, 0.3) is 0 Å². The van der Waals surface area contributed by atoms with Crippen molar-refractivity contribution in [1.82, 2.24) is 0 Å². The lowest BCUT2D eigenvalue weighted by atomic mass is 10.1. The minimum absolute atomic E-state index is 0.0216. The van der Waals surface area contributed by atoms with Crippen LogP contribution >= 0.6 is 0 Å². The van der Waals surface area contributed by atoms with Gasteiger partial charge in [0, 0.05) is 12.5 Å². The Bertz CT molecular complexity index is 405. The van der Waals surface area contributed by atoms with Crippen LogP contribution in [0.5, 0.6) is 5.75 Å². The lowest BCUT2D eigenvalue weighted by molar-refractivity contribution is -0.116. The van der Waals surface area contributed by atoms with Crippen molar-refractivity contribution in [2.45, 2.75) is 45.4 Å². The molecule has 1 aromatic rings. The summed E-state index contributed by atoms with van der Waals surface area (Å²) in [4.78, 5) is 11.8. The number of ether oxygens (including phenoxy) is 1. The third kappa shape index (κ3) is 5.64. The van der Waals surface area contributed by atoms with Gasteiger partial charge in [0.15, 0.2) is 0 Å². The molecule has 1 aromatic carbocycles. The molecular formula is C15H24N2O2. The molecule has 0 aliphatic carbocycles. The highest BCUT2D eigenvalue weighted by Crippen LogP contribution is 2.24. The molecule has 0 unspecified atom stereocenters. The van der Waals surface area contributed by atoms with Gasteiger partial charge in [0.2, 0.25) is 5.91 Å². The SMILES string of the molecule is CCCCCCCC(=O)Nc1ccc(OC)cc1N. The molecule has 19 heavy (non-hydrogen) atoms. The third-order valence-electron chi connectivity index (χ3n) is 3.04. The van der Waals surface area contributed by atoms with E-state index in [0.717, 1.165) is 12.8 Å². The maximum atomic E-state index is 11.8. The van der Waals surface area contributed by atoms with E-state index >= 15 is 0 Å². The zero-order valence-electron chi connectivity index (χ0n) is 11.9. The van der Waals surface area contributed by atoms with Crippen LogP contribution < -0.4 is 15.8 Å². The second kappa shape index (κ2) is 8.40. The Labute approximate surface area is 115 Å². The summed E-state index contributed by atoms with van der Waals surface area (Å²) >= 11 is 0. The van der Waals surface area contributed by atoms with Gasteiger partial charge in [0.05, 0.1) is 18.5 Å². The number of carbonyl (C=O) groups is 1. The molecule has 106 valence electrons. The topological polar surface area (TPSA) is 64.3 Å². The summed E-state index contributed by atoms with van der Waals surface area (Å²) in [5.74, 6) is 0.712. The average Bonchev–Trinajstić information content (AvgIpc) is 2.41. The van der Waals surface area contributed by atoms with Crippen LogP contribution in [0.3, 0.4) is 0 Å². The van der Waals surface area contributed by atoms with E-state index < -0.39 is 0 Å². The Morgan fingerprint density at radius 1 is 1.26 bits per heavy atom. The van der Waals surface area contributed by atoms with E-state index in [1.165, 1.54) is 19.3 Å². The number of nitrogen functional groups attached to an aromatic ring is 1. The number of anilines is 2. The summed E-state index contributed by atoms with van der Waals surface area (Å²) in [5.41, 5.74) is 7.02. The highest BCUT2D eigenvalue weighted by molar-refractivity contribution is 5.93. The van der Waals surface area contributed by atoms with Crippen LogP contribution in [-0.4, -0.2) is 13.0 Å². The van der Waals surface area contributed by atoms with Crippen molar-refractivity contribution in [3.05, 3.63) is 18.2 Å². The number of nitrogens with one attached hydrogen (secondary N) is 1. The molecule has 4 heteroatoms. The number of hydrogen-bond acceptors (Lipinski definition) is 3. The molecular weight excluding hydrogens is 240 g/mol. The van der Waals surface area contributed by atoms with Gasteiger partial charge in [0.1, 0.15) is 5.75 Å². The third-order valence-corrected chi connectivity index (χ3v) is 3.04. The van der Waals surface area contributed by atoms with Crippen LogP contribution in [0, 0.1) is 0 Å². The fraction of sp³-hybridized carbons (Fsp3) is 0.533. The molecule has 1 rings (SSSR count). The fourth-order valence-corrected chi connectivity index (χ4v) is 1.88. The van der Waals surface area contributed by atoms with Gasteiger partial charge in [-0.2, -0.15) is 0 Å². The monoisotopic (exact) mass is 264 g/mol. The van der Waals surface area contributed by atoms with Crippen LogP contribution in [0.1, 0.15) is 45.4 Å². The zero-order chi connectivity index (χ0) is 14.1. The normalized spacial score (nSPS) is 10.2. The number of benzene rings is 1. The van der Waals surface area contributed by atoms with Crippen molar-refractivity contribution < 1.29 is 9.53 Å². The molecule has 0 saturated heterocycles. The predicted octanol–water partition coefficient (Wildman–Crippen LogP) is 3.58. The van der Waals surface area contributed by atoms with Gasteiger partial charge in [-0.25, -0.2) is 0 Å². The Hall–Kier alpha value is -1.71. The van der Waals surface area contributed by atoms with Crippen molar-refractivity contribution in [2.24, 2.45) is 0 Å². The molecule has 4 nitrogen and oxygen atoms in total. The Morgan fingerprint density at radius 2 is 2.00 bits per heavy atom. The van der Waals surface area contributed by atoms with Crippen LogP contribution in [-0.2, 0) is 4.79 Å². The molecule has 0 bridgehead atoms. The number of methoxy groups -OCH3 is 1. The van der Waals surface area contributed by atoms with Crippen molar-refractivity contribution in [2.75, 3.05) is 18.2 Å². The summed E-state index contributed by atoms with van der Waals surface area (Å²) in [6, 6.07) is 5.26. The number of carbonyl (C=O) groups excluding carboxylic acids is 1. The number of amides is 1. The molecule has 0 radical (unpaired) electrons. The van der Waals surface area contributed by atoms with Crippen LogP contribution in [0.2, 0.25) is 0 Å². The number of rotatable bonds is 8. The van der Waals surface area contributed by atoms with E-state index in [2.05, 4.69) is 12.2 Å². The average molecular weight is 264 g/mol. The highest BCUT2D eigenvalue weighted by Gasteiger charge is 2.06. The Morgan fingerprint density at radius 3 is 2.63 bits per heavy atom. The molecule has 0 saturated carbocycles. The minimum atomic E-state index is 0.0216. The first-order valence-electron chi connectivity index (χ1n) is 6.90. The summed E-state index contributed by atoms with van der Waals surface area (Å²) in [5, 5.41) is 2.83. The van der Waals surface area contributed by atoms with E-state index in [4.69, 9.17) is 10.5 Å². The maximum Gasteiger partial charge on any atom is 0.224 e. The van der Waals surface area contributed by atoms with Crippen LogP contribution in [0.15, 0.2) is 18.2 Å². The molecule has 0 aliphatic heterocycles. The predicted molar refractivity (Wildman–Crippen MR) is 79.4 cm³/mol. The van der Waals surface area contributed by atoms with Gasteiger partial charge in [-0.05, 0) is 18.6 Å². The summed E-state index contributed by atoms with van der Waals surface area (Å²) in [6.45, 7) is 2.18. The summed E-state index contributed by atoms with van der Waals surface area (Å²) in [6.07, 6.45) is 6.26. The zero-order valence-corrected chi connectivity index (χ0v) is 11.9. The number of hydrogen-bond donors (Lipinski definition) is 2. The molecule has 0 fully saturated rings. The molecule has 0 heterocycles. The van der Waals surface area contributed by atoms with E-state index in [1.54, 1.807) is 25.3 Å². The van der Waals surface area contributed by atoms with Gasteiger partial charge in [0.25, 0.3) is 0 Å². The Balaban J connectivity index is 2.36. The number of nitrogens with two attached hydrogens (primary N) is 1. The van der Waals surface area contributed by atoms with Gasteiger partial charge in [-0.15, -0.1) is 0 Å². The van der Waals surface area contributed by atoms with Crippen molar-refractivity contribution in [3.63, 3.8) is 0 Å². The van der Waals surface area contributed by atoms with Gasteiger partial charge in [-0.3, -0.25) is 4.79 Å². The molecule has 1 amide bonds. The van der Waals surface area contributed by atoms with E-state index in [-0.39, 0.29) is 5.91 Å². The second-order valence-corrected chi connectivity index (χ2v) is 4.67. The lowest BCUT2D eigenvalue weighted by Crippen LogP contribution is -2.12. The maximum absolute atomic E-state index is 11.8. The summed E-state index contributed by atoms with van der Waals surface area (Å²) in [7, 11) is 1.59. The van der Waals surface area contributed by atoms with E-state index in [9.17, 15) is 4.79 Å². The molecule has 3 N–H and O–H groups in total. The van der Waals surface area contributed by atoms with E-state index in [1.807, 2.05) is 0 Å². The molecule has 0 aliphatic rings. The lowest BCUT2D eigenvalue weighted by Gasteiger charge is -2.09. The first-order chi connectivity index (χ1) is 9.17. The van der Waals surface area contributed by atoms with Crippen molar-refractivity contribution >= 4 is 17.3 Å². The Kier molecular flexibility index (Phi) is 6.79. The standard InChI is InChI=1S/C15H24N2O2/c1-3-4-5-6-7-8-15(18)17-14-10-9-12(19-2)11-13(14)16/h9-11H,3-8,16H2,1-2H3,(H,17,18). The molecule has 0 aromatic heterocycles. The van der Waals surface area contributed by atoms with E-state index in [0.29, 0.717) is 23.5 Å². The highest BCUT2D eigenvalue weighted by atomic mass is 16.5. The quantitative estimate of drug-likeness (QED) is 0.557. The van der Waals surface area contributed by atoms with Crippen molar-refractivity contribution in [3.8, 4) is 5.75 Å². The number of unbranched alkanes of at least 4 members (excludes halogenated alkanes) is 4. The van der Waals surface area contributed by atoms with Gasteiger partial charge >= 0.3 is 0 Å². The summed E-state index contributed by atoms with van der Waals surface area (Å²) < 4.78 is 5.06. The first-order valence-corrected chi connectivity index (χ1v) is 6.90. The fourth-order valence-electron chi connectivity index (χ4n) is 1.88. The van der Waals surface area contributed by atoms with Crippen molar-refractivity contribution in [1.29, 1.82) is 0 Å². The van der Waals surface area contributed by atoms with Crippen LogP contribution in [0.4, 0.5) is 11.4 Å².